The molecule has 7 heteroatoms. The van der Waals surface area contributed by atoms with Crippen LogP contribution in [0.4, 0.5) is 5.69 Å². The first-order chi connectivity index (χ1) is 11.5. The summed E-state index contributed by atoms with van der Waals surface area (Å²) in [5.41, 5.74) is 0.990. The first-order valence-electron chi connectivity index (χ1n) is 8.81. The van der Waals surface area contributed by atoms with Gasteiger partial charge in [-0.2, -0.15) is 0 Å². The Hall–Kier alpha value is -0.830. The number of nitrogens with one attached hydrogen (secondary N) is 1. The van der Waals surface area contributed by atoms with Gasteiger partial charge in [-0.15, -0.1) is 24.0 Å². The first-order valence-corrected chi connectivity index (χ1v) is 10.7. The molecule has 1 aromatic rings. The molecule has 0 unspecified atom stereocenters. The van der Waals surface area contributed by atoms with Crippen LogP contribution in [0.25, 0.3) is 0 Å². The van der Waals surface area contributed by atoms with E-state index in [4.69, 9.17) is 4.99 Å². The molecule has 1 aliphatic heterocycles. The molecule has 3 rings (SSSR count). The number of anilines is 1. The Balaban J connectivity index is 0.00000225. The van der Waals surface area contributed by atoms with Gasteiger partial charge < -0.3 is 10.2 Å². The third-order valence-corrected chi connectivity index (χ3v) is 7.36. The lowest BCUT2D eigenvalue weighted by atomic mass is 9.84. The predicted octanol–water partition coefficient (Wildman–Crippen LogP) is 3.53. The van der Waals surface area contributed by atoms with Gasteiger partial charge in [0.25, 0.3) is 0 Å². The molecule has 1 saturated carbocycles. The Labute approximate surface area is 168 Å². The monoisotopic (exact) mass is 477 g/mol. The number of aliphatic imine (C=N–C) groups is 1. The zero-order valence-corrected chi connectivity index (χ0v) is 17.9. The summed E-state index contributed by atoms with van der Waals surface area (Å²) >= 11 is 0. The van der Waals surface area contributed by atoms with E-state index in [2.05, 4.69) is 10.2 Å². The van der Waals surface area contributed by atoms with Gasteiger partial charge in [-0.1, -0.05) is 24.6 Å². The van der Waals surface area contributed by atoms with Gasteiger partial charge in [0.2, 0.25) is 0 Å². The number of piperidine rings is 1. The SMILES string of the molecule is CS(=O)(=O)C1(CN=C(Nc2ccccc2)N2CCCCC2)CCC1.I. The van der Waals surface area contributed by atoms with E-state index in [0.29, 0.717) is 6.54 Å². The van der Waals surface area contributed by atoms with E-state index in [1.54, 1.807) is 0 Å². The van der Waals surface area contributed by atoms with Crippen LogP contribution in [0, 0.1) is 0 Å². The molecule has 2 aliphatic rings. The molecule has 5 nitrogen and oxygen atoms in total. The fraction of sp³-hybridized carbons (Fsp3) is 0.611. The molecular weight excluding hydrogens is 449 g/mol. The van der Waals surface area contributed by atoms with Crippen LogP contribution in [0.1, 0.15) is 38.5 Å². The van der Waals surface area contributed by atoms with E-state index in [-0.39, 0.29) is 24.0 Å². The Morgan fingerprint density at radius 1 is 1.12 bits per heavy atom. The van der Waals surface area contributed by atoms with Crippen molar-refractivity contribution < 1.29 is 8.42 Å². The van der Waals surface area contributed by atoms with E-state index in [0.717, 1.165) is 56.8 Å². The standard InChI is InChI=1S/C18H27N3O2S.HI/c1-24(22,23)18(11-8-12-18)15-19-17(21-13-6-3-7-14-21)20-16-9-4-2-5-10-16;/h2,4-5,9-10H,3,6-8,11-15H2,1H3,(H,19,20);1H. The molecule has 0 radical (unpaired) electrons. The van der Waals surface area contributed by atoms with Gasteiger partial charge in [0, 0.05) is 25.0 Å². The van der Waals surface area contributed by atoms with Gasteiger partial charge in [0.15, 0.2) is 15.8 Å². The molecule has 0 atom stereocenters. The van der Waals surface area contributed by atoms with Crippen LogP contribution in [-0.2, 0) is 9.84 Å². The second-order valence-electron chi connectivity index (χ2n) is 6.99. The number of hydrogen-bond acceptors (Lipinski definition) is 3. The summed E-state index contributed by atoms with van der Waals surface area (Å²) < 4.78 is 23.7. The lowest BCUT2D eigenvalue weighted by Crippen LogP contribution is -2.48. The van der Waals surface area contributed by atoms with Crippen LogP contribution in [0.15, 0.2) is 35.3 Å². The number of para-hydroxylation sites is 1. The zero-order valence-electron chi connectivity index (χ0n) is 14.8. The molecule has 0 amide bonds. The molecule has 1 N–H and O–H groups in total. The normalized spacial score (nSPS) is 20.4. The van der Waals surface area contributed by atoms with Gasteiger partial charge >= 0.3 is 0 Å². The molecule has 1 heterocycles. The number of guanidine groups is 1. The number of hydrogen-bond donors (Lipinski definition) is 1. The number of benzene rings is 1. The van der Waals surface area contributed by atoms with Crippen LogP contribution in [0.5, 0.6) is 0 Å². The van der Waals surface area contributed by atoms with E-state index < -0.39 is 14.6 Å². The average Bonchev–Trinajstić information content (AvgIpc) is 2.53. The highest BCUT2D eigenvalue weighted by Crippen LogP contribution is 2.39. The minimum atomic E-state index is -3.08. The maximum absolute atomic E-state index is 12.2. The molecule has 0 spiro atoms. The molecule has 1 aromatic carbocycles. The summed E-state index contributed by atoms with van der Waals surface area (Å²) in [5.74, 6) is 0.816. The number of halogens is 1. The quantitative estimate of drug-likeness (QED) is 0.410. The van der Waals surface area contributed by atoms with Crippen LogP contribution in [-0.4, -0.2) is 49.9 Å². The van der Waals surface area contributed by atoms with Crippen LogP contribution in [0.2, 0.25) is 0 Å². The Kier molecular flexibility index (Phi) is 7.13. The Morgan fingerprint density at radius 2 is 1.76 bits per heavy atom. The Bertz CT molecular complexity index is 682. The molecular formula is C18H28IN3O2S. The fourth-order valence-corrected chi connectivity index (χ4v) is 4.74. The van der Waals surface area contributed by atoms with Crippen molar-refractivity contribution in [2.45, 2.75) is 43.3 Å². The van der Waals surface area contributed by atoms with Crippen LogP contribution >= 0.6 is 24.0 Å². The lowest BCUT2D eigenvalue weighted by Gasteiger charge is -2.39. The van der Waals surface area contributed by atoms with Crippen molar-refractivity contribution in [3.05, 3.63) is 30.3 Å². The lowest BCUT2D eigenvalue weighted by molar-refractivity contribution is 0.329. The largest absolute Gasteiger partial charge is 0.343 e. The highest BCUT2D eigenvalue weighted by Gasteiger charge is 2.46. The zero-order chi connectivity index (χ0) is 17.0. The molecule has 2 fully saturated rings. The second-order valence-corrected chi connectivity index (χ2v) is 9.40. The van der Waals surface area contributed by atoms with E-state index in [1.807, 2.05) is 30.3 Å². The van der Waals surface area contributed by atoms with Crippen molar-refractivity contribution in [2.75, 3.05) is 31.2 Å². The molecule has 1 saturated heterocycles. The summed E-state index contributed by atoms with van der Waals surface area (Å²) in [5, 5.41) is 3.40. The smallest absolute Gasteiger partial charge is 0.198 e. The van der Waals surface area contributed by atoms with Gasteiger partial charge in [-0.25, -0.2) is 8.42 Å². The van der Waals surface area contributed by atoms with Crippen molar-refractivity contribution in [3.63, 3.8) is 0 Å². The number of nitrogens with zero attached hydrogens (tertiary/aromatic N) is 2. The highest BCUT2D eigenvalue weighted by atomic mass is 127. The van der Waals surface area contributed by atoms with Gasteiger partial charge in [0.1, 0.15) is 0 Å². The third-order valence-electron chi connectivity index (χ3n) is 5.25. The average molecular weight is 477 g/mol. The maximum atomic E-state index is 12.2. The topological polar surface area (TPSA) is 61.8 Å². The van der Waals surface area contributed by atoms with Crippen molar-refractivity contribution in [1.29, 1.82) is 0 Å². The fourth-order valence-electron chi connectivity index (χ4n) is 3.41. The van der Waals surface area contributed by atoms with Gasteiger partial charge in [-0.05, 0) is 44.2 Å². The van der Waals surface area contributed by atoms with E-state index in [1.165, 1.54) is 12.7 Å². The van der Waals surface area contributed by atoms with Crippen molar-refractivity contribution >= 4 is 45.5 Å². The Morgan fingerprint density at radius 3 is 2.28 bits per heavy atom. The molecule has 25 heavy (non-hydrogen) atoms. The van der Waals surface area contributed by atoms with Crippen molar-refractivity contribution in [3.8, 4) is 0 Å². The van der Waals surface area contributed by atoms with E-state index in [9.17, 15) is 8.42 Å². The molecule has 140 valence electrons. The van der Waals surface area contributed by atoms with Gasteiger partial charge in [0.05, 0.1) is 11.3 Å². The third kappa shape index (κ3) is 4.87. The first kappa shape index (κ1) is 20.5. The van der Waals surface area contributed by atoms with Gasteiger partial charge in [-0.3, -0.25) is 4.99 Å². The summed E-state index contributed by atoms with van der Waals surface area (Å²) in [6, 6.07) is 9.97. The minimum absolute atomic E-state index is 0. The maximum Gasteiger partial charge on any atom is 0.198 e. The molecule has 0 bridgehead atoms. The summed E-state index contributed by atoms with van der Waals surface area (Å²) in [7, 11) is -3.08. The number of likely N-dealkylation sites (tertiary alicyclic amines) is 1. The predicted molar refractivity (Wildman–Crippen MR) is 115 cm³/mol. The van der Waals surface area contributed by atoms with Crippen LogP contribution < -0.4 is 5.32 Å². The molecule has 1 aliphatic carbocycles. The highest BCUT2D eigenvalue weighted by molar-refractivity contribution is 14.0. The number of sulfone groups is 1. The number of rotatable bonds is 4. The van der Waals surface area contributed by atoms with E-state index >= 15 is 0 Å². The second kappa shape index (κ2) is 8.70. The van der Waals surface area contributed by atoms with Crippen LogP contribution in [0.3, 0.4) is 0 Å². The summed E-state index contributed by atoms with van der Waals surface area (Å²) in [6.45, 7) is 2.31. The van der Waals surface area contributed by atoms with Crippen molar-refractivity contribution in [1.82, 2.24) is 4.90 Å². The minimum Gasteiger partial charge on any atom is -0.343 e. The van der Waals surface area contributed by atoms with Crippen molar-refractivity contribution in [2.24, 2.45) is 4.99 Å². The molecule has 0 aromatic heterocycles. The summed E-state index contributed by atoms with van der Waals surface area (Å²) in [4.78, 5) is 7.01. The summed E-state index contributed by atoms with van der Waals surface area (Å²) in [6.07, 6.45) is 7.37.